The number of piperidine rings is 1. The maximum absolute atomic E-state index is 12.3. The van der Waals surface area contributed by atoms with E-state index in [4.69, 9.17) is 0 Å². The number of aromatic amines is 1. The molecule has 0 bridgehead atoms. The quantitative estimate of drug-likeness (QED) is 0.912. The lowest BCUT2D eigenvalue weighted by molar-refractivity contribution is -0.132. The molecule has 0 spiro atoms. The Labute approximate surface area is 120 Å². The van der Waals surface area contributed by atoms with Crippen LogP contribution in [0.1, 0.15) is 31.7 Å². The Morgan fingerprint density at radius 3 is 2.85 bits per heavy atom. The molecule has 0 unspecified atom stereocenters. The normalized spacial score (nSPS) is 16.8. The Hall–Kier alpha value is -1.77. The summed E-state index contributed by atoms with van der Waals surface area (Å²) in [6, 6.07) is 8.27. The number of H-pyrrole nitrogens is 1. The topological polar surface area (TPSA) is 36.1 Å². The van der Waals surface area contributed by atoms with Gasteiger partial charge in [0.2, 0.25) is 5.91 Å². The van der Waals surface area contributed by atoms with Gasteiger partial charge in [-0.05, 0) is 36.8 Å². The van der Waals surface area contributed by atoms with Gasteiger partial charge in [0.25, 0.3) is 0 Å². The van der Waals surface area contributed by atoms with E-state index in [9.17, 15) is 4.79 Å². The molecule has 1 N–H and O–H groups in total. The van der Waals surface area contributed by atoms with Crippen LogP contribution in [0.3, 0.4) is 0 Å². The Morgan fingerprint density at radius 2 is 2.05 bits per heavy atom. The van der Waals surface area contributed by atoms with Crippen molar-refractivity contribution in [2.24, 2.45) is 5.92 Å². The van der Waals surface area contributed by atoms with E-state index < -0.39 is 0 Å². The number of para-hydroxylation sites is 1. The van der Waals surface area contributed by atoms with Gasteiger partial charge in [0, 0.05) is 36.6 Å². The first-order valence-corrected chi connectivity index (χ1v) is 7.57. The molecule has 106 valence electrons. The van der Waals surface area contributed by atoms with E-state index in [0.717, 1.165) is 43.8 Å². The molecule has 2 aromatic rings. The number of likely N-dealkylation sites (tertiary alicyclic amines) is 1. The smallest absolute Gasteiger partial charge is 0.222 e. The second-order valence-electron chi connectivity index (χ2n) is 5.92. The van der Waals surface area contributed by atoms with Crippen molar-refractivity contribution in [3.63, 3.8) is 0 Å². The number of rotatable bonds is 3. The van der Waals surface area contributed by atoms with Crippen LogP contribution in [0, 0.1) is 5.92 Å². The van der Waals surface area contributed by atoms with Crippen molar-refractivity contribution in [3.8, 4) is 0 Å². The average molecular weight is 270 g/mol. The zero-order valence-corrected chi connectivity index (χ0v) is 12.1. The van der Waals surface area contributed by atoms with E-state index in [1.54, 1.807) is 0 Å². The number of carbonyl (C=O) groups excluding carboxylic acids is 1. The molecular weight excluding hydrogens is 248 g/mol. The van der Waals surface area contributed by atoms with Crippen molar-refractivity contribution in [1.82, 2.24) is 9.88 Å². The standard InChI is InChI=1S/C17H22N2O/c1-13-8-10-19(11-9-13)17(20)7-6-14-12-18-16-5-3-2-4-15(14)16/h2-5,12-13,18H,6-11H2,1H3. The van der Waals surface area contributed by atoms with E-state index in [-0.39, 0.29) is 0 Å². The fourth-order valence-corrected chi connectivity index (χ4v) is 3.00. The van der Waals surface area contributed by atoms with Crippen LogP contribution in [0.2, 0.25) is 0 Å². The summed E-state index contributed by atoms with van der Waals surface area (Å²) >= 11 is 0. The number of benzene rings is 1. The Bertz CT molecular complexity index is 594. The van der Waals surface area contributed by atoms with Crippen LogP contribution in [0.25, 0.3) is 10.9 Å². The van der Waals surface area contributed by atoms with Gasteiger partial charge in [0.05, 0.1) is 0 Å². The zero-order valence-electron chi connectivity index (χ0n) is 12.1. The van der Waals surface area contributed by atoms with Crippen LogP contribution < -0.4 is 0 Å². The first-order valence-electron chi connectivity index (χ1n) is 7.57. The van der Waals surface area contributed by atoms with Crippen molar-refractivity contribution in [3.05, 3.63) is 36.0 Å². The van der Waals surface area contributed by atoms with Gasteiger partial charge in [0.1, 0.15) is 0 Å². The molecule has 1 aromatic carbocycles. The van der Waals surface area contributed by atoms with Crippen molar-refractivity contribution >= 4 is 16.8 Å². The van der Waals surface area contributed by atoms with Gasteiger partial charge in [-0.1, -0.05) is 25.1 Å². The largest absolute Gasteiger partial charge is 0.361 e. The van der Waals surface area contributed by atoms with Gasteiger partial charge in [-0.15, -0.1) is 0 Å². The van der Waals surface area contributed by atoms with E-state index in [1.165, 1.54) is 10.9 Å². The number of fused-ring (bicyclic) bond motifs is 1. The third kappa shape index (κ3) is 2.72. The number of aromatic nitrogens is 1. The minimum absolute atomic E-state index is 0.308. The number of aryl methyl sites for hydroxylation is 1. The van der Waals surface area contributed by atoms with Crippen molar-refractivity contribution in [2.45, 2.75) is 32.6 Å². The summed E-state index contributed by atoms with van der Waals surface area (Å²) < 4.78 is 0. The molecular formula is C17H22N2O. The lowest BCUT2D eigenvalue weighted by atomic mass is 9.98. The molecule has 1 aromatic heterocycles. The lowest BCUT2D eigenvalue weighted by Gasteiger charge is -2.30. The molecule has 1 aliphatic rings. The third-order valence-corrected chi connectivity index (χ3v) is 4.42. The lowest BCUT2D eigenvalue weighted by Crippen LogP contribution is -2.37. The number of hydrogen-bond acceptors (Lipinski definition) is 1. The highest BCUT2D eigenvalue weighted by Crippen LogP contribution is 2.21. The van der Waals surface area contributed by atoms with Crippen molar-refractivity contribution in [2.75, 3.05) is 13.1 Å². The van der Waals surface area contributed by atoms with Gasteiger partial charge in [-0.3, -0.25) is 4.79 Å². The predicted molar refractivity (Wildman–Crippen MR) is 81.6 cm³/mol. The molecule has 0 atom stereocenters. The molecule has 1 fully saturated rings. The van der Waals surface area contributed by atoms with Gasteiger partial charge in [0.15, 0.2) is 0 Å². The molecule has 0 aliphatic carbocycles. The van der Waals surface area contributed by atoms with E-state index in [2.05, 4.69) is 24.0 Å². The summed E-state index contributed by atoms with van der Waals surface area (Å²) in [5.74, 6) is 1.08. The van der Waals surface area contributed by atoms with E-state index >= 15 is 0 Å². The molecule has 20 heavy (non-hydrogen) atoms. The number of nitrogens with one attached hydrogen (secondary N) is 1. The van der Waals surface area contributed by atoms with Gasteiger partial charge >= 0.3 is 0 Å². The first kappa shape index (κ1) is 13.2. The number of carbonyl (C=O) groups is 1. The van der Waals surface area contributed by atoms with Gasteiger partial charge in [-0.2, -0.15) is 0 Å². The highest BCUT2D eigenvalue weighted by atomic mass is 16.2. The highest BCUT2D eigenvalue weighted by Gasteiger charge is 2.20. The molecule has 3 heteroatoms. The second kappa shape index (κ2) is 5.70. The predicted octanol–water partition coefficient (Wildman–Crippen LogP) is 3.36. The van der Waals surface area contributed by atoms with Crippen molar-refractivity contribution in [1.29, 1.82) is 0 Å². The summed E-state index contributed by atoms with van der Waals surface area (Å²) in [6.45, 7) is 4.15. The van der Waals surface area contributed by atoms with E-state index in [1.807, 2.05) is 23.2 Å². The number of amides is 1. The molecule has 1 aliphatic heterocycles. The summed E-state index contributed by atoms with van der Waals surface area (Å²) in [5.41, 5.74) is 2.40. The van der Waals surface area contributed by atoms with Gasteiger partial charge in [-0.25, -0.2) is 0 Å². The molecule has 0 radical (unpaired) electrons. The summed E-state index contributed by atoms with van der Waals surface area (Å²) in [7, 11) is 0. The van der Waals surface area contributed by atoms with Crippen LogP contribution in [0.15, 0.2) is 30.5 Å². The van der Waals surface area contributed by atoms with E-state index in [0.29, 0.717) is 12.3 Å². The Morgan fingerprint density at radius 1 is 1.30 bits per heavy atom. The number of nitrogens with zero attached hydrogens (tertiary/aromatic N) is 1. The highest BCUT2D eigenvalue weighted by molar-refractivity contribution is 5.84. The Balaban J connectivity index is 1.60. The molecule has 1 saturated heterocycles. The first-order chi connectivity index (χ1) is 9.74. The SMILES string of the molecule is CC1CCN(C(=O)CCc2c[nH]c3ccccc23)CC1. The van der Waals surface area contributed by atoms with Gasteiger partial charge < -0.3 is 9.88 Å². The second-order valence-corrected chi connectivity index (χ2v) is 5.92. The van der Waals surface area contributed by atoms with Crippen molar-refractivity contribution < 1.29 is 4.79 Å². The maximum Gasteiger partial charge on any atom is 0.222 e. The fourth-order valence-electron chi connectivity index (χ4n) is 3.00. The zero-order chi connectivity index (χ0) is 13.9. The molecule has 3 nitrogen and oxygen atoms in total. The minimum Gasteiger partial charge on any atom is -0.361 e. The van der Waals surface area contributed by atoms with Crippen LogP contribution in [0.4, 0.5) is 0 Å². The monoisotopic (exact) mass is 270 g/mol. The summed E-state index contributed by atoms with van der Waals surface area (Å²) in [4.78, 5) is 17.6. The van der Waals surface area contributed by atoms with Crippen LogP contribution in [0.5, 0.6) is 0 Å². The third-order valence-electron chi connectivity index (χ3n) is 4.42. The van der Waals surface area contributed by atoms with Crippen LogP contribution >= 0.6 is 0 Å². The molecule has 3 rings (SSSR count). The van der Waals surface area contributed by atoms with Crippen LogP contribution in [-0.2, 0) is 11.2 Å². The molecule has 0 saturated carbocycles. The molecule has 1 amide bonds. The minimum atomic E-state index is 0.308. The Kier molecular flexibility index (Phi) is 3.77. The summed E-state index contributed by atoms with van der Waals surface area (Å²) in [6.07, 6.45) is 5.79. The molecule has 2 heterocycles. The maximum atomic E-state index is 12.3. The fraction of sp³-hybridized carbons (Fsp3) is 0.471. The number of hydrogen-bond donors (Lipinski definition) is 1. The van der Waals surface area contributed by atoms with Crippen LogP contribution in [-0.4, -0.2) is 28.9 Å². The average Bonchev–Trinajstić information content (AvgIpc) is 2.89. The summed E-state index contributed by atoms with van der Waals surface area (Å²) in [5, 5.41) is 1.24.